The van der Waals surface area contributed by atoms with E-state index in [-0.39, 0.29) is 30.0 Å². The molecule has 0 aliphatic rings. The highest BCUT2D eigenvalue weighted by Gasteiger charge is 2.39. The van der Waals surface area contributed by atoms with Crippen molar-refractivity contribution >= 4 is 40.4 Å². The fraction of sp³-hybridized carbons (Fsp3) is 0.233. The quantitative estimate of drug-likeness (QED) is 0.0742. The maximum atomic E-state index is 15.2. The number of halogens is 2. The molecule has 6 rings (SSSR count). The molecule has 6 aromatic rings. The summed E-state index contributed by atoms with van der Waals surface area (Å²) in [5, 5.41) is 20.6. The molecule has 0 aliphatic carbocycles. The molecular weight excluding hydrogens is 687 g/mol. The third kappa shape index (κ3) is 8.50. The van der Waals surface area contributed by atoms with E-state index in [9.17, 15) is 10.8 Å². The Labute approximate surface area is 314 Å². The van der Waals surface area contributed by atoms with Crippen molar-refractivity contribution in [2.75, 3.05) is 0 Å². The summed E-state index contributed by atoms with van der Waals surface area (Å²) in [6.07, 6.45) is 5.28. The van der Waals surface area contributed by atoms with Crippen LogP contribution in [0.25, 0.3) is 22.5 Å². The summed E-state index contributed by atoms with van der Waals surface area (Å²) in [6.45, 7) is 4.02. The predicted molar refractivity (Wildman–Crippen MR) is 212 cm³/mol. The molecule has 0 saturated carbocycles. The lowest BCUT2D eigenvalue weighted by Crippen LogP contribution is -2.40. The molecule has 0 aliphatic heterocycles. The smallest absolute Gasteiger partial charge is 0.150 e. The van der Waals surface area contributed by atoms with Crippen LogP contribution in [0.1, 0.15) is 61.3 Å². The number of carbonyl (C=O) groups is 1. The van der Waals surface area contributed by atoms with Crippen LogP contribution < -0.4 is 0 Å². The van der Waals surface area contributed by atoms with Crippen molar-refractivity contribution in [3.8, 4) is 22.5 Å². The second kappa shape index (κ2) is 16.9. The molecule has 0 radical (unpaired) electrons. The van der Waals surface area contributed by atoms with Gasteiger partial charge in [0.2, 0.25) is 0 Å². The van der Waals surface area contributed by atoms with E-state index in [0.29, 0.717) is 34.5 Å². The maximum Gasteiger partial charge on any atom is 0.150 e. The zero-order chi connectivity index (χ0) is 36.6. The maximum absolute atomic E-state index is 15.2. The molecule has 4 N–H and O–H groups in total. The Balaban J connectivity index is 1.38. The van der Waals surface area contributed by atoms with Crippen LogP contribution in [0.5, 0.6) is 0 Å². The number of hydrogen-bond donors (Lipinski definition) is 4. The summed E-state index contributed by atoms with van der Waals surface area (Å²) in [7, 11) is 0. The third-order valence-electron chi connectivity index (χ3n) is 9.73. The lowest BCUT2D eigenvalue weighted by atomic mass is 9.74. The number of aromatic nitrogens is 4. The molecular formula is C43H42Cl2N6O. The molecule has 0 amide bonds. The summed E-state index contributed by atoms with van der Waals surface area (Å²) < 4.78 is 0. The highest BCUT2D eigenvalue weighted by Crippen LogP contribution is 2.33. The molecule has 0 bridgehead atoms. The average molecular weight is 730 g/mol. The van der Waals surface area contributed by atoms with Gasteiger partial charge in [-0.3, -0.25) is 4.79 Å². The van der Waals surface area contributed by atoms with Crippen LogP contribution in [0, 0.1) is 22.7 Å². The first-order chi connectivity index (χ1) is 25.2. The highest BCUT2D eigenvalue weighted by atomic mass is 35.5. The number of imidazole rings is 2. The summed E-state index contributed by atoms with van der Waals surface area (Å²) in [6, 6.07) is 34.7. The van der Waals surface area contributed by atoms with Gasteiger partial charge in [-0.2, -0.15) is 0 Å². The first-order valence-corrected chi connectivity index (χ1v) is 18.4. The number of aromatic amines is 2. The first-order valence-electron chi connectivity index (χ1n) is 17.7. The van der Waals surface area contributed by atoms with Crippen molar-refractivity contribution in [3.63, 3.8) is 0 Å². The van der Waals surface area contributed by atoms with Crippen molar-refractivity contribution in [2.24, 2.45) is 11.8 Å². The summed E-state index contributed by atoms with van der Waals surface area (Å²) in [5.41, 5.74) is 5.99. The van der Waals surface area contributed by atoms with Gasteiger partial charge in [0.25, 0.3) is 0 Å². The number of hydrogen-bond acceptors (Lipinski definition) is 5. The normalized spacial score (nSPS) is 13.6. The molecule has 0 spiro atoms. The Kier molecular flexibility index (Phi) is 11.9. The fourth-order valence-electron chi connectivity index (χ4n) is 6.85. The van der Waals surface area contributed by atoms with Crippen molar-refractivity contribution < 1.29 is 4.79 Å². The number of carbonyl (C=O) groups excluding carboxylic acids is 1. The minimum atomic E-state index is -0.831. The molecule has 0 fully saturated rings. The Morgan fingerprint density at radius 3 is 1.31 bits per heavy atom. The SMILES string of the molecule is CCC(C(=N)C(Cc1ccc(Cl)cc1)C(=O)C(Cc1ccc(Cl)cc1)C(=N)C(CC)c1ncc(-c2ccccc2)[nH]1)c1ncc(-c2ccccc2)[nH]1. The predicted octanol–water partition coefficient (Wildman–Crippen LogP) is 10.8. The Morgan fingerprint density at radius 2 is 0.962 bits per heavy atom. The van der Waals surface area contributed by atoms with Crippen molar-refractivity contribution in [2.45, 2.75) is 51.4 Å². The van der Waals surface area contributed by atoms with Gasteiger partial charge in [0, 0.05) is 21.5 Å². The molecule has 4 aromatic carbocycles. The Bertz CT molecular complexity index is 1960. The molecule has 2 heterocycles. The first kappa shape index (κ1) is 36.7. The lowest BCUT2D eigenvalue weighted by Gasteiger charge is -2.29. The van der Waals surface area contributed by atoms with Gasteiger partial charge in [-0.1, -0.05) is 122 Å². The van der Waals surface area contributed by atoms with Gasteiger partial charge in [-0.15, -0.1) is 0 Å². The van der Waals surface area contributed by atoms with Crippen LogP contribution in [0.15, 0.2) is 122 Å². The molecule has 9 heteroatoms. The molecule has 4 unspecified atom stereocenters. The zero-order valence-electron chi connectivity index (χ0n) is 29.2. The van der Waals surface area contributed by atoms with E-state index in [1.54, 1.807) is 36.7 Å². The van der Waals surface area contributed by atoms with Gasteiger partial charge in [0.1, 0.15) is 11.6 Å². The number of H-pyrrole nitrogens is 2. The number of nitrogens with one attached hydrogen (secondary N) is 4. The van der Waals surface area contributed by atoms with Crippen LogP contribution >= 0.6 is 23.2 Å². The van der Waals surface area contributed by atoms with E-state index < -0.39 is 23.7 Å². The van der Waals surface area contributed by atoms with Gasteiger partial charge < -0.3 is 20.8 Å². The summed E-state index contributed by atoms with van der Waals surface area (Å²) >= 11 is 12.5. The van der Waals surface area contributed by atoms with E-state index in [4.69, 9.17) is 33.2 Å². The minimum absolute atomic E-state index is 0.179. The monoisotopic (exact) mass is 728 g/mol. The zero-order valence-corrected chi connectivity index (χ0v) is 30.8. The molecule has 52 heavy (non-hydrogen) atoms. The van der Waals surface area contributed by atoms with E-state index in [1.165, 1.54) is 0 Å². The summed E-state index contributed by atoms with van der Waals surface area (Å²) in [5.74, 6) is -1.44. The molecule has 2 aromatic heterocycles. The van der Waals surface area contributed by atoms with Crippen LogP contribution in [0.2, 0.25) is 10.0 Å². The third-order valence-corrected chi connectivity index (χ3v) is 10.2. The lowest BCUT2D eigenvalue weighted by molar-refractivity contribution is -0.123. The Morgan fingerprint density at radius 1 is 0.596 bits per heavy atom. The molecule has 0 saturated heterocycles. The van der Waals surface area contributed by atoms with Crippen LogP contribution in [0.3, 0.4) is 0 Å². The Hall–Kier alpha value is -5.11. The number of Topliss-reactive ketones (excluding diaryl/α,β-unsaturated/α-hetero) is 1. The van der Waals surface area contributed by atoms with E-state index in [0.717, 1.165) is 33.6 Å². The van der Waals surface area contributed by atoms with Crippen molar-refractivity contribution in [1.82, 2.24) is 19.9 Å². The molecule has 4 atom stereocenters. The highest BCUT2D eigenvalue weighted by molar-refractivity contribution is 6.30. The molecule has 264 valence electrons. The largest absolute Gasteiger partial charge is 0.341 e. The van der Waals surface area contributed by atoms with Crippen LogP contribution in [-0.4, -0.2) is 37.1 Å². The second-order valence-corrected chi connectivity index (χ2v) is 14.0. The number of ketones is 1. The number of rotatable bonds is 16. The second-order valence-electron chi connectivity index (χ2n) is 13.1. The van der Waals surface area contributed by atoms with E-state index in [2.05, 4.69) is 9.97 Å². The number of nitrogens with zero attached hydrogens (tertiary/aromatic N) is 2. The van der Waals surface area contributed by atoms with Crippen LogP contribution in [0.4, 0.5) is 0 Å². The van der Waals surface area contributed by atoms with Crippen molar-refractivity contribution in [1.29, 1.82) is 10.8 Å². The van der Waals surface area contributed by atoms with Crippen molar-refractivity contribution in [3.05, 3.63) is 154 Å². The average Bonchev–Trinajstić information content (AvgIpc) is 3.87. The van der Waals surface area contributed by atoms with E-state index >= 15 is 4.79 Å². The molecule has 7 nitrogen and oxygen atoms in total. The van der Waals surface area contributed by atoms with Gasteiger partial charge in [0.05, 0.1) is 47.5 Å². The van der Waals surface area contributed by atoms with E-state index in [1.807, 2.05) is 98.8 Å². The van der Waals surface area contributed by atoms with Gasteiger partial charge in [-0.05, 0) is 72.2 Å². The number of benzene rings is 4. The topological polar surface area (TPSA) is 122 Å². The minimum Gasteiger partial charge on any atom is -0.341 e. The van der Waals surface area contributed by atoms with Gasteiger partial charge >= 0.3 is 0 Å². The van der Waals surface area contributed by atoms with Gasteiger partial charge in [0.15, 0.2) is 5.78 Å². The standard InChI is InChI=1S/C43H42Cl2N6O/c1-3-33(42-48-25-37(50-42)29-11-7-5-8-12-29)39(46)35(23-27-15-19-31(44)20-16-27)41(52)36(24-28-17-21-32(45)22-18-28)40(47)34(4-2)43-49-26-38(51-43)30-13-9-6-10-14-30/h5-22,25-26,33-36,46-47H,3-4,23-24H2,1-2H3,(H,48,50)(H,49,51). The fourth-order valence-corrected chi connectivity index (χ4v) is 7.10. The van der Waals surface area contributed by atoms with Crippen LogP contribution in [-0.2, 0) is 17.6 Å². The van der Waals surface area contributed by atoms with Gasteiger partial charge in [-0.25, -0.2) is 9.97 Å². The summed E-state index contributed by atoms with van der Waals surface area (Å²) in [4.78, 5) is 31.5.